The normalized spacial score (nSPS) is 9.92. The van der Waals surface area contributed by atoms with Crippen LogP contribution >= 0.6 is 0 Å². The fraction of sp³-hybridized carbons (Fsp3) is 0.286. The Hall–Kier alpha value is -1.69. The number of aromatic hydroxyl groups is 2. The highest BCUT2D eigenvalue weighted by atomic mass is 16.7. The number of rotatable bonds is 3. The van der Waals surface area contributed by atoms with E-state index < -0.39 is 5.97 Å². The molecule has 1 rings (SSSR count). The van der Waals surface area contributed by atoms with Crippen LogP contribution in [0.15, 0.2) is 12.1 Å². The Balaban J connectivity index is 2.68. The van der Waals surface area contributed by atoms with Crippen molar-refractivity contribution in [2.24, 2.45) is 0 Å². The molecule has 0 amide bonds. The molecule has 0 spiro atoms. The summed E-state index contributed by atoms with van der Waals surface area (Å²) in [4.78, 5) is 15.5. The number of nitrogens with zero attached hydrogens (tertiary/aromatic N) is 1. The summed E-state index contributed by atoms with van der Waals surface area (Å²) in [5.41, 5.74) is 0. The van der Waals surface area contributed by atoms with Gasteiger partial charge in [0.25, 0.3) is 0 Å². The minimum atomic E-state index is -0.607. The van der Waals surface area contributed by atoms with Gasteiger partial charge in [0, 0.05) is 12.1 Å². The zero-order chi connectivity index (χ0) is 9.84. The topological polar surface area (TPSA) is 83.7 Å². The number of hydrogen-bond acceptors (Lipinski definition) is 5. The second kappa shape index (κ2) is 3.81. The first-order chi connectivity index (χ1) is 6.15. The van der Waals surface area contributed by atoms with Gasteiger partial charge in [-0.15, -0.1) is 4.73 Å². The van der Waals surface area contributed by atoms with Gasteiger partial charge in [0.05, 0.1) is 6.54 Å². The lowest BCUT2D eigenvalue weighted by Gasteiger charge is -2.05. The third kappa shape index (κ3) is 2.12. The highest BCUT2D eigenvalue weighted by molar-refractivity contribution is 5.72. The van der Waals surface area contributed by atoms with E-state index in [-0.39, 0.29) is 18.3 Å². The first-order valence-electron chi connectivity index (χ1n) is 3.60. The van der Waals surface area contributed by atoms with Crippen LogP contribution in [0.1, 0.15) is 0 Å². The van der Waals surface area contributed by atoms with Gasteiger partial charge in [0.1, 0.15) is 0 Å². The molecule has 0 aliphatic heterocycles. The molecule has 0 bridgehead atoms. The van der Waals surface area contributed by atoms with Gasteiger partial charge in [-0.1, -0.05) is 0 Å². The molecule has 1 heterocycles. The molecule has 6 heteroatoms. The molecule has 72 valence electrons. The summed E-state index contributed by atoms with van der Waals surface area (Å²) in [6.07, 6.45) is 0. The minimum Gasteiger partial charge on any atom is -0.492 e. The molecule has 1 aromatic heterocycles. The van der Waals surface area contributed by atoms with Crippen LogP contribution in [0.2, 0.25) is 0 Å². The Morgan fingerprint density at radius 2 is 2.08 bits per heavy atom. The lowest BCUT2D eigenvalue weighted by molar-refractivity contribution is -0.144. The molecular weight excluding hydrogens is 176 g/mol. The molecule has 0 unspecified atom stereocenters. The van der Waals surface area contributed by atoms with Crippen molar-refractivity contribution in [2.75, 3.05) is 13.6 Å². The Labute approximate surface area is 74.3 Å². The highest BCUT2D eigenvalue weighted by Crippen LogP contribution is 2.18. The van der Waals surface area contributed by atoms with Crippen molar-refractivity contribution in [3.05, 3.63) is 12.1 Å². The maximum Gasteiger partial charge on any atom is 0.346 e. The predicted octanol–water partition coefficient (Wildman–Crippen LogP) is -0.926. The summed E-state index contributed by atoms with van der Waals surface area (Å²) in [7, 11) is 1.58. The number of nitrogens with one attached hydrogen (secondary N) is 1. The summed E-state index contributed by atoms with van der Waals surface area (Å²) in [5.74, 6) is -1.27. The van der Waals surface area contributed by atoms with Crippen molar-refractivity contribution < 1.29 is 19.8 Å². The molecule has 6 nitrogen and oxygen atoms in total. The van der Waals surface area contributed by atoms with Gasteiger partial charge in [-0.2, -0.15) is 0 Å². The number of carbonyl (C=O) groups is 1. The number of likely N-dealkylation sites (N-methyl/N-ethyl adjacent to an activating group) is 1. The van der Waals surface area contributed by atoms with Gasteiger partial charge < -0.3 is 20.4 Å². The van der Waals surface area contributed by atoms with Crippen molar-refractivity contribution in [1.82, 2.24) is 10.0 Å². The van der Waals surface area contributed by atoms with Crippen LogP contribution in [0.25, 0.3) is 0 Å². The van der Waals surface area contributed by atoms with Gasteiger partial charge >= 0.3 is 5.97 Å². The first kappa shape index (κ1) is 9.40. The quantitative estimate of drug-likeness (QED) is 0.568. The van der Waals surface area contributed by atoms with Crippen LogP contribution in [-0.4, -0.2) is 34.5 Å². The summed E-state index contributed by atoms with van der Waals surface area (Å²) < 4.78 is 0.639. The average molecular weight is 186 g/mol. The molecular formula is C7H10N2O4. The maximum atomic E-state index is 10.9. The molecule has 13 heavy (non-hydrogen) atoms. The van der Waals surface area contributed by atoms with E-state index in [0.717, 1.165) is 0 Å². The Kier molecular flexibility index (Phi) is 2.76. The lowest BCUT2D eigenvalue weighted by atomic mass is 10.6. The van der Waals surface area contributed by atoms with E-state index in [1.165, 1.54) is 12.1 Å². The fourth-order valence-corrected chi connectivity index (χ4v) is 0.774. The van der Waals surface area contributed by atoms with Crippen LogP contribution in [0, 0.1) is 0 Å². The number of hydrogen-bond donors (Lipinski definition) is 3. The monoisotopic (exact) mass is 186 g/mol. The zero-order valence-corrected chi connectivity index (χ0v) is 7.02. The maximum absolute atomic E-state index is 10.9. The number of aromatic nitrogens is 1. The first-order valence-corrected chi connectivity index (χ1v) is 3.60. The molecule has 3 N–H and O–H groups in total. The fourth-order valence-electron chi connectivity index (χ4n) is 0.774. The summed E-state index contributed by atoms with van der Waals surface area (Å²) in [6, 6.07) is 2.42. The second-order valence-corrected chi connectivity index (χ2v) is 2.34. The van der Waals surface area contributed by atoms with Gasteiger partial charge in [0.15, 0.2) is 0 Å². The van der Waals surface area contributed by atoms with Crippen LogP contribution in [0.3, 0.4) is 0 Å². The Bertz CT molecular complexity index is 288. The standard InChI is InChI=1S/C7H10N2O4/c1-8-4-7(12)13-9-5(10)2-3-6(9)11/h2-3,8,10-11H,4H2,1H3. The van der Waals surface area contributed by atoms with Crippen molar-refractivity contribution >= 4 is 5.97 Å². The molecule has 0 aliphatic rings. The van der Waals surface area contributed by atoms with E-state index in [1.54, 1.807) is 7.05 Å². The van der Waals surface area contributed by atoms with E-state index in [4.69, 9.17) is 10.2 Å². The second-order valence-electron chi connectivity index (χ2n) is 2.34. The van der Waals surface area contributed by atoms with Gasteiger partial charge in [0.2, 0.25) is 11.8 Å². The van der Waals surface area contributed by atoms with E-state index in [2.05, 4.69) is 10.2 Å². The summed E-state index contributed by atoms with van der Waals surface area (Å²) in [5, 5.41) is 20.7. The Morgan fingerprint density at radius 3 is 2.54 bits per heavy atom. The molecule has 0 atom stereocenters. The van der Waals surface area contributed by atoms with E-state index in [1.807, 2.05) is 0 Å². The largest absolute Gasteiger partial charge is 0.492 e. The molecule has 0 aliphatic carbocycles. The van der Waals surface area contributed by atoms with Crippen molar-refractivity contribution in [1.29, 1.82) is 0 Å². The summed E-state index contributed by atoms with van der Waals surface area (Å²) in [6.45, 7) is -0.00292. The third-order valence-electron chi connectivity index (χ3n) is 1.31. The van der Waals surface area contributed by atoms with Gasteiger partial charge in [-0.25, -0.2) is 4.79 Å². The summed E-state index contributed by atoms with van der Waals surface area (Å²) >= 11 is 0. The van der Waals surface area contributed by atoms with Gasteiger partial charge in [-0.3, -0.25) is 0 Å². The predicted molar refractivity (Wildman–Crippen MR) is 43.3 cm³/mol. The van der Waals surface area contributed by atoms with Crippen LogP contribution < -0.4 is 10.2 Å². The minimum absolute atomic E-state index is 0.00292. The lowest BCUT2D eigenvalue weighted by Crippen LogP contribution is -2.28. The van der Waals surface area contributed by atoms with E-state index >= 15 is 0 Å². The van der Waals surface area contributed by atoms with Crippen LogP contribution in [-0.2, 0) is 4.79 Å². The van der Waals surface area contributed by atoms with Crippen molar-refractivity contribution in [3.63, 3.8) is 0 Å². The molecule has 0 saturated heterocycles. The molecule has 0 radical (unpaired) electrons. The number of carbonyl (C=O) groups excluding carboxylic acids is 1. The van der Waals surface area contributed by atoms with Crippen molar-refractivity contribution in [3.8, 4) is 11.8 Å². The van der Waals surface area contributed by atoms with E-state index in [0.29, 0.717) is 4.73 Å². The van der Waals surface area contributed by atoms with Crippen molar-refractivity contribution in [2.45, 2.75) is 0 Å². The van der Waals surface area contributed by atoms with Crippen LogP contribution in [0.4, 0.5) is 0 Å². The molecule has 0 aromatic carbocycles. The average Bonchev–Trinajstić information content (AvgIpc) is 2.36. The highest BCUT2D eigenvalue weighted by Gasteiger charge is 2.10. The zero-order valence-electron chi connectivity index (χ0n) is 7.02. The Morgan fingerprint density at radius 1 is 1.54 bits per heavy atom. The SMILES string of the molecule is CNCC(=O)On1c(O)ccc1O. The molecule has 1 aromatic rings. The smallest absolute Gasteiger partial charge is 0.346 e. The third-order valence-corrected chi connectivity index (χ3v) is 1.31. The van der Waals surface area contributed by atoms with E-state index in [9.17, 15) is 4.79 Å². The molecule has 0 fully saturated rings. The molecule has 0 saturated carbocycles. The van der Waals surface area contributed by atoms with Gasteiger partial charge in [-0.05, 0) is 7.05 Å². The van der Waals surface area contributed by atoms with Crippen LogP contribution in [0.5, 0.6) is 11.8 Å².